The van der Waals surface area contributed by atoms with Crippen molar-refractivity contribution in [1.29, 1.82) is 0 Å². The highest BCUT2D eigenvalue weighted by molar-refractivity contribution is 6.31. The molecule has 0 saturated carbocycles. The molecule has 3 aromatic carbocycles. The second-order valence-electron chi connectivity index (χ2n) is 8.25. The minimum Gasteiger partial charge on any atom is -0.503 e. The van der Waals surface area contributed by atoms with Crippen LogP contribution >= 0.6 is 11.6 Å². The molecule has 0 aliphatic carbocycles. The Balaban J connectivity index is 1.67. The van der Waals surface area contributed by atoms with Gasteiger partial charge < -0.3 is 14.3 Å². The van der Waals surface area contributed by atoms with Crippen molar-refractivity contribution in [3.63, 3.8) is 0 Å². The Morgan fingerprint density at radius 1 is 1.09 bits per heavy atom. The monoisotopic (exact) mass is 487 g/mol. The lowest BCUT2D eigenvalue weighted by Crippen LogP contribution is -2.31. The molecule has 7 heteroatoms. The van der Waals surface area contributed by atoms with E-state index in [0.29, 0.717) is 39.6 Å². The summed E-state index contributed by atoms with van der Waals surface area (Å²) in [7, 11) is 0. The van der Waals surface area contributed by atoms with E-state index in [4.69, 9.17) is 20.8 Å². The van der Waals surface area contributed by atoms with Gasteiger partial charge in [-0.15, -0.1) is 0 Å². The fourth-order valence-electron chi connectivity index (χ4n) is 4.43. The highest BCUT2D eigenvalue weighted by Gasteiger charge is 2.45. The quantitative estimate of drug-likeness (QED) is 0.311. The first-order valence-corrected chi connectivity index (χ1v) is 11.6. The van der Waals surface area contributed by atoms with Crippen LogP contribution in [0.25, 0.3) is 11.0 Å². The Labute approximate surface area is 207 Å². The second-order valence-corrected chi connectivity index (χ2v) is 8.69. The molecule has 1 atom stereocenters. The van der Waals surface area contributed by atoms with Crippen LogP contribution in [0.3, 0.4) is 0 Å². The summed E-state index contributed by atoms with van der Waals surface area (Å²) in [5.74, 6) is -1.24. The summed E-state index contributed by atoms with van der Waals surface area (Å²) in [5.41, 5.74) is 2.46. The molecule has 1 amide bonds. The molecule has 0 spiro atoms. The van der Waals surface area contributed by atoms with E-state index in [2.05, 4.69) is 0 Å². The molecule has 5 rings (SSSR count). The van der Waals surface area contributed by atoms with Gasteiger partial charge in [-0.3, -0.25) is 14.5 Å². The Morgan fingerprint density at radius 2 is 1.89 bits per heavy atom. The molecule has 176 valence electrons. The maximum absolute atomic E-state index is 13.8. The largest absolute Gasteiger partial charge is 0.503 e. The fraction of sp³-hybridized carbons (Fsp3) is 0.143. The number of halogens is 1. The molecule has 1 N–H and O–H groups in total. The molecule has 6 nitrogen and oxygen atoms in total. The van der Waals surface area contributed by atoms with Gasteiger partial charge >= 0.3 is 0 Å². The van der Waals surface area contributed by atoms with E-state index in [1.165, 1.54) is 4.90 Å². The molecule has 2 heterocycles. The predicted octanol–water partition coefficient (Wildman–Crippen LogP) is 6.58. The number of amides is 1. The Bertz CT molecular complexity index is 1500. The number of benzene rings is 3. The van der Waals surface area contributed by atoms with E-state index in [9.17, 15) is 14.7 Å². The van der Waals surface area contributed by atoms with E-state index in [1.54, 1.807) is 54.6 Å². The SMILES string of the molecule is CCOc1cccc(C2C(C(=O)c3cc4cc(Cl)ccc4o3)=C(O)C(=O)N2c2ccccc2C)c1. The van der Waals surface area contributed by atoms with Crippen LogP contribution in [0.15, 0.2) is 88.5 Å². The van der Waals surface area contributed by atoms with Crippen molar-refractivity contribution >= 4 is 39.9 Å². The number of ether oxygens (including phenoxy) is 1. The molecule has 1 unspecified atom stereocenters. The fourth-order valence-corrected chi connectivity index (χ4v) is 4.62. The molecule has 1 aromatic heterocycles. The molecule has 1 aliphatic heterocycles. The number of nitrogens with zero attached hydrogens (tertiary/aromatic N) is 1. The number of aryl methyl sites for hydroxylation is 1. The van der Waals surface area contributed by atoms with Crippen molar-refractivity contribution in [1.82, 2.24) is 0 Å². The van der Waals surface area contributed by atoms with Gasteiger partial charge in [-0.2, -0.15) is 0 Å². The van der Waals surface area contributed by atoms with E-state index in [1.807, 2.05) is 32.0 Å². The van der Waals surface area contributed by atoms with Crippen molar-refractivity contribution in [3.8, 4) is 5.75 Å². The number of aliphatic hydroxyl groups excluding tert-OH is 1. The van der Waals surface area contributed by atoms with E-state index < -0.39 is 23.5 Å². The van der Waals surface area contributed by atoms with Gasteiger partial charge in [0.1, 0.15) is 11.3 Å². The van der Waals surface area contributed by atoms with Crippen molar-refractivity contribution in [2.45, 2.75) is 19.9 Å². The summed E-state index contributed by atoms with van der Waals surface area (Å²) in [6.07, 6.45) is 0. The van der Waals surface area contributed by atoms with E-state index in [-0.39, 0.29) is 11.3 Å². The molecule has 0 saturated heterocycles. The highest BCUT2D eigenvalue weighted by Crippen LogP contribution is 2.44. The van der Waals surface area contributed by atoms with Crippen LogP contribution in [-0.4, -0.2) is 23.4 Å². The number of hydrogen-bond acceptors (Lipinski definition) is 5. The summed E-state index contributed by atoms with van der Waals surface area (Å²) < 4.78 is 11.4. The van der Waals surface area contributed by atoms with Crippen LogP contribution in [0.2, 0.25) is 5.02 Å². The first-order chi connectivity index (χ1) is 16.9. The number of carbonyl (C=O) groups is 2. The third kappa shape index (κ3) is 3.96. The minimum absolute atomic E-state index is 0.00853. The van der Waals surface area contributed by atoms with E-state index in [0.717, 1.165) is 5.56 Å². The zero-order valence-electron chi connectivity index (χ0n) is 19.1. The van der Waals surface area contributed by atoms with Crippen LogP contribution in [-0.2, 0) is 4.79 Å². The van der Waals surface area contributed by atoms with E-state index >= 15 is 0 Å². The maximum atomic E-state index is 13.8. The molecule has 35 heavy (non-hydrogen) atoms. The summed E-state index contributed by atoms with van der Waals surface area (Å²) in [6, 6.07) is 20.2. The zero-order chi connectivity index (χ0) is 24.7. The Morgan fingerprint density at radius 3 is 2.66 bits per heavy atom. The standard InChI is InChI=1S/C28H22ClNO5/c1-3-34-20-9-6-8-17(14-20)25-24(26(31)23-15-18-13-19(29)11-12-22(18)35-23)27(32)28(33)30(25)21-10-5-4-7-16(21)2/h4-15,25,32H,3H2,1-2H3. The number of rotatable bonds is 6. The van der Waals surface area contributed by atoms with Crippen LogP contribution in [0.5, 0.6) is 5.75 Å². The molecule has 0 radical (unpaired) electrons. The lowest BCUT2D eigenvalue weighted by Gasteiger charge is -2.28. The molecule has 0 bridgehead atoms. The summed E-state index contributed by atoms with van der Waals surface area (Å²) in [4.78, 5) is 28.6. The number of fused-ring (bicyclic) bond motifs is 1. The van der Waals surface area contributed by atoms with Gasteiger partial charge in [0.15, 0.2) is 11.5 Å². The number of ketones is 1. The predicted molar refractivity (Wildman–Crippen MR) is 134 cm³/mol. The van der Waals surface area contributed by atoms with Gasteiger partial charge in [-0.25, -0.2) is 0 Å². The van der Waals surface area contributed by atoms with Crippen molar-refractivity contribution < 1.29 is 23.8 Å². The molecular formula is C28H22ClNO5. The van der Waals surface area contributed by atoms with Gasteiger partial charge in [0.05, 0.1) is 18.2 Å². The average Bonchev–Trinajstić information content (AvgIpc) is 3.38. The van der Waals surface area contributed by atoms with Gasteiger partial charge in [0.2, 0.25) is 5.78 Å². The van der Waals surface area contributed by atoms with Crippen molar-refractivity contribution in [2.24, 2.45) is 0 Å². The third-order valence-corrected chi connectivity index (χ3v) is 6.25. The van der Waals surface area contributed by atoms with Crippen LogP contribution in [0.1, 0.15) is 34.6 Å². The van der Waals surface area contributed by atoms with Crippen LogP contribution in [0, 0.1) is 6.92 Å². The molecule has 1 aliphatic rings. The van der Waals surface area contributed by atoms with Gasteiger partial charge in [-0.1, -0.05) is 41.9 Å². The van der Waals surface area contributed by atoms with Crippen LogP contribution < -0.4 is 9.64 Å². The average molecular weight is 488 g/mol. The van der Waals surface area contributed by atoms with Crippen molar-refractivity contribution in [2.75, 3.05) is 11.5 Å². The summed E-state index contributed by atoms with van der Waals surface area (Å²) in [5, 5.41) is 12.2. The lowest BCUT2D eigenvalue weighted by molar-refractivity contribution is -0.117. The number of furan rings is 1. The number of hydrogen-bond donors (Lipinski definition) is 1. The smallest absolute Gasteiger partial charge is 0.294 e. The number of aliphatic hydroxyl groups is 1. The molecule has 4 aromatic rings. The van der Waals surface area contributed by atoms with Gasteiger partial charge in [0.25, 0.3) is 5.91 Å². The first-order valence-electron chi connectivity index (χ1n) is 11.2. The zero-order valence-corrected chi connectivity index (χ0v) is 19.9. The lowest BCUT2D eigenvalue weighted by atomic mass is 9.94. The normalized spacial score (nSPS) is 15.8. The maximum Gasteiger partial charge on any atom is 0.294 e. The summed E-state index contributed by atoms with van der Waals surface area (Å²) in [6.45, 7) is 4.21. The number of carbonyl (C=O) groups excluding carboxylic acids is 2. The van der Waals surface area contributed by atoms with Crippen molar-refractivity contribution in [3.05, 3.63) is 106 Å². The topological polar surface area (TPSA) is 80.0 Å². The Hall–Kier alpha value is -4.03. The number of anilines is 1. The van der Waals surface area contributed by atoms with Gasteiger partial charge in [0, 0.05) is 16.1 Å². The third-order valence-electron chi connectivity index (χ3n) is 6.01. The minimum atomic E-state index is -0.881. The Kier molecular flexibility index (Phi) is 5.83. The summed E-state index contributed by atoms with van der Waals surface area (Å²) >= 11 is 6.08. The number of para-hydroxylation sites is 1. The first kappa shape index (κ1) is 22.7. The molecular weight excluding hydrogens is 466 g/mol. The van der Waals surface area contributed by atoms with Gasteiger partial charge in [-0.05, 0) is 67.4 Å². The molecule has 0 fully saturated rings. The highest BCUT2D eigenvalue weighted by atomic mass is 35.5. The second kappa shape index (κ2) is 8.96. The van der Waals surface area contributed by atoms with Crippen LogP contribution in [0.4, 0.5) is 5.69 Å². The number of Topliss-reactive ketones (excluding diaryl/α,β-unsaturated/α-hetero) is 1.